The standard InChI is InChI=1S/C20H21ClN2O2/c1-14-2-3-15(11-22-14)12-23-8-6-20(7-9-23)18-10-16(21)4-5-17(18)19(13-24)25-20/h2-5,10-11,13,19H,6-9,12H2,1H3. The molecule has 0 aliphatic carbocycles. The third-order valence-corrected chi connectivity index (χ3v) is 5.57. The van der Waals surface area contributed by atoms with Crippen LogP contribution in [0.3, 0.4) is 0 Å². The Morgan fingerprint density at radius 1 is 1.32 bits per heavy atom. The lowest BCUT2D eigenvalue weighted by Gasteiger charge is -2.39. The molecule has 0 amide bonds. The van der Waals surface area contributed by atoms with Gasteiger partial charge in [-0.15, -0.1) is 0 Å². The number of rotatable bonds is 3. The van der Waals surface area contributed by atoms with E-state index in [-0.39, 0.29) is 5.60 Å². The monoisotopic (exact) mass is 356 g/mol. The number of pyridine rings is 1. The molecule has 0 N–H and O–H groups in total. The van der Waals surface area contributed by atoms with Crippen molar-refractivity contribution >= 4 is 17.9 Å². The van der Waals surface area contributed by atoms with E-state index >= 15 is 0 Å². The van der Waals surface area contributed by atoms with Crippen molar-refractivity contribution in [3.63, 3.8) is 0 Å². The van der Waals surface area contributed by atoms with Gasteiger partial charge in [-0.2, -0.15) is 0 Å². The van der Waals surface area contributed by atoms with E-state index in [2.05, 4.69) is 16.0 Å². The Bertz CT molecular complexity index is 783. The SMILES string of the molecule is Cc1ccc(CN2CCC3(CC2)OC(C=O)c2ccc(Cl)cc23)cn1. The minimum Gasteiger partial charge on any atom is -0.355 e. The molecule has 1 atom stereocenters. The number of hydrogen-bond donors (Lipinski definition) is 0. The largest absolute Gasteiger partial charge is 0.355 e. The Hall–Kier alpha value is -1.75. The third-order valence-electron chi connectivity index (χ3n) is 5.33. The average Bonchev–Trinajstić information content (AvgIpc) is 2.92. The molecule has 2 aliphatic heterocycles. The second kappa shape index (κ2) is 6.52. The second-order valence-electron chi connectivity index (χ2n) is 6.98. The van der Waals surface area contributed by atoms with Gasteiger partial charge in [-0.3, -0.25) is 9.88 Å². The highest BCUT2D eigenvalue weighted by atomic mass is 35.5. The molecule has 25 heavy (non-hydrogen) atoms. The lowest BCUT2D eigenvalue weighted by Crippen LogP contribution is -2.42. The Morgan fingerprint density at radius 3 is 2.80 bits per heavy atom. The van der Waals surface area contributed by atoms with Crippen LogP contribution in [0.4, 0.5) is 0 Å². The molecule has 2 aliphatic rings. The Labute approximate surface area is 152 Å². The molecule has 4 rings (SSSR count). The number of carbonyl (C=O) groups excluding carboxylic acids is 1. The smallest absolute Gasteiger partial charge is 0.153 e. The number of aldehydes is 1. The Kier molecular flexibility index (Phi) is 4.36. The fourth-order valence-corrected chi connectivity index (χ4v) is 4.12. The van der Waals surface area contributed by atoms with Gasteiger partial charge in [-0.1, -0.05) is 23.7 Å². The Morgan fingerprint density at radius 2 is 2.12 bits per heavy atom. The summed E-state index contributed by atoms with van der Waals surface area (Å²) in [6, 6.07) is 9.92. The average molecular weight is 357 g/mol. The van der Waals surface area contributed by atoms with Crippen LogP contribution in [0.1, 0.15) is 41.3 Å². The van der Waals surface area contributed by atoms with Gasteiger partial charge < -0.3 is 9.53 Å². The maximum atomic E-state index is 11.4. The summed E-state index contributed by atoms with van der Waals surface area (Å²) in [5.74, 6) is 0. The number of benzene rings is 1. The number of nitrogens with zero attached hydrogens (tertiary/aromatic N) is 2. The summed E-state index contributed by atoms with van der Waals surface area (Å²) in [7, 11) is 0. The van der Waals surface area contributed by atoms with Crippen molar-refractivity contribution in [2.45, 2.75) is 38.0 Å². The zero-order valence-corrected chi connectivity index (χ0v) is 15.0. The van der Waals surface area contributed by atoms with Crippen molar-refractivity contribution in [3.05, 3.63) is 63.9 Å². The number of carbonyl (C=O) groups is 1. The number of aryl methyl sites for hydroxylation is 1. The molecule has 1 unspecified atom stereocenters. The van der Waals surface area contributed by atoms with E-state index in [1.807, 2.05) is 37.4 Å². The molecule has 4 nitrogen and oxygen atoms in total. The van der Waals surface area contributed by atoms with Crippen LogP contribution < -0.4 is 0 Å². The molecule has 0 radical (unpaired) electrons. The van der Waals surface area contributed by atoms with E-state index in [1.165, 1.54) is 5.56 Å². The van der Waals surface area contributed by atoms with E-state index in [4.69, 9.17) is 16.3 Å². The van der Waals surface area contributed by atoms with Crippen LogP contribution in [-0.4, -0.2) is 29.3 Å². The summed E-state index contributed by atoms with van der Waals surface area (Å²) in [6.07, 6.45) is 4.10. The fraction of sp³-hybridized carbons (Fsp3) is 0.400. The van der Waals surface area contributed by atoms with Gasteiger partial charge in [0, 0.05) is 36.5 Å². The van der Waals surface area contributed by atoms with Crippen LogP contribution in [0.25, 0.3) is 0 Å². The molecule has 130 valence electrons. The summed E-state index contributed by atoms with van der Waals surface area (Å²) in [5, 5.41) is 0.696. The number of halogens is 1. The van der Waals surface area contributed by atoms with Crippen LogP contribution in [0.2, 0.25) is 5.02 Å². The third kappa shape index (κ3) is 3.10. The first-order valence-corrected chi connectivity index (χ1v) is 9.04. The minimum atomic E-state index is -0.472. The molecular formula is C20H21ClN2O2. The van der Waals surface area contributed by atoms with Crippen molar-refractivity contribution in [2.75, 3.05) is 13.1 Å². The highest BCUT2D eigenvalue weighted by Crippen LogP contribution is 2.49. The van der Waals surface area contributed by atoms with Gasteiger partial charge >= 0.3 is 0 Å². The predicted octanol–water partition coefficient (Wildman–Crippen LogP) is 3.80. The van der Waals surface area contributed by atoms with E-state index in [9.17, 15) is 4.79 Å². The van der Waals surface area contributed by atoms with E-state index in [0.717, 1.165) is 55.6 Å². The van der Waals surface area contributed by atoms with Crippen molar-refractivity contribution in [1.82, 2.24) is 9.88 Å². The number of fused-ring (bicyclic) bond motifs is 2. The number of ether oxygens (including phenoxy) is 1. The van der Waals surface area contributed by atoms with Gasteiger partial charge in [0.1, 0.15) is 6.10 Å². The van der Waals surface area contributed by atoms with Crippen LogP contribution >= 0.6 is 11.6 Å². The van der Waals surface area contributed by atoms with Crippen LogP contribution in [0.5, 0.6) is 0 Å². The molecule has 3 heterocycles. The van der Waals surface area contributed by atoms with Crippen molar-refractivity contribution in [1.29, 1.82) is 0 Å². The van der Waals surface area contributed by atoms with E-state index < -0.39 is 6.10 Å². The summed E-state index contributed by atoms with van der Waals surface area (Å²) in [4.78, 5) is 18.2. The van der Waals surface area contributed by atoms with E-state index in [0.29, 0.717) is 5.02 Å². The first-order valence-electron chi connectivity index (χ1n) is 8.67. The Balaban J connectivity index is 1.50. The lowest BCUT2D eigenvalue weighted by atomic mass is 9.83. The van der Waals surface area contributed by atoms with Crippen LogP contribution in [0.15, 0.2) is 36.5 Å². The molecule has 5 heteroatoms. The topological polar surface area (TPSA) is 42.4 Å². The summed E-state index contributed by atoms with van der Waals surface area (Å²) in [6.45, 7) is 4.73. The molecule has 1 spiro atoms. The predicted molar refractivity (Wildman–Crippen MR) is 96.5 cm³/mol. The molecule has 2 aromatic rings. The first kappa shape index (κ1) is 16.7. The van der Waals surface area contributed by atoms with Gasteiger partial charge in [0.15, 0.2) is 6.29 Å². The molecule has 1 aromatic carbocycles. The number of likely N-dealkylation sites (tertiary alicyclic amines) is 1. The number of hydrogen-bond acceptors (Lipinski definition) is 4. The van der Waals surface area contributed by atoms with Gasteiger partial charge in [-0.05, 0) is 54.7 Å². The summed E-state index contributed by atoms with van der Waals surface area (Å²) >= 11 is 6.20. The molecule has 1 aromatic heterocycles. The maximum absolute atomic E-state index is 11.4. The van der Waals surface area contributed by atoms with E-state index in [1.54, 1.807) is 0 Å². The second-order valence-corrected chi connectivity index (χ2v) is 7.42. The maximum Gasteiger partial charge on any atom is 0.153 e. The highest BCUT2D eigenvalue weighted by molar-refractivity contribution is 6.30. The molecule has 1 saturated heterocycles. The molecular weight excluding hydrogens is 336 g/mol. The summed E-state index contributed by atoms with van der Waals surface area (Å²) < 4.78 is 6.21. The van der Waals surface area contributed by atoms with Gasteiger partial charge in [0.2, 0.25) is 0 Å². The normalized spacial score (nSPS) is 22.1. The first-order chi connectivity index (χ1) is 12.1. The van der Waals surface area contributed by atoms with Gasteiger partial charge in [-0.25, -0.2) is 0 Å². The number of piperidine rings is 1. The molecule has 0 bridgehead atoms. The van der Waals surface area contributed by atoms with Gasteiger partial charge in [0.05, 0.1) is 5.60 Å². The zero-order chi connectivity index (χ0) is 17.4. The van der Waals surface area contributed by atoms with Crippen molar-refractivity contribution in [3.8, 4) is 0 Å². The lowest BCUT2D eigenvalue weighted by molar-refractivity contribution is -0.137. The fourth-order valence-electron chi connectivity index (χ4n) is 3.95. The van der Waals surface area contributed by atoms with Crippen molar-refractivity contribution < 1.29 is 9.53 Å². The zero-order valence-electron chi connectivity index (χ0n) is 14.2. The minimum absolute atomic E-state index is 0.381. The summed E-state index contributed by atoms with van der Waals surface area (Å²) in [5.41, 5.74) is 3.94. The molecule has 1 fully saturated rings. The van der Waals surface area contributed by atoms with Crippen LogP contribution in [0, 0.1) is 6.92 Å². The number of aromatic nitrogens is 1. The van der Waals surface area contributed by atoms with Gasteiger partial charge in [0.25, 0.3) is 0 Å². The highest BCUT2D eigenvalue weighted by Gasteiger charge is 2.46. The van der Waals surface area contributed by atoms with Crippen molar-refractivity contribution in [2.24, 2.45) is 0 Å². The van der Waals surface area contributed by atoms with Crippen LogP contribution in [-0.2, 0) is 21.7 Å². The quantitative estimate of drug-likeness (QED) is 0.784. The molecule has 0 saturated carbocycles.